The van der Waals surface area contributed by atoms with Crippen molar-refractivity contribution < 1.29 is 0 Å². The first-order valence-corrected chi connectivity index (χ1v) is 6.86. The molecule has 0 spiro atoms. The van der Waals surface area contributed by atoms with Crippen LogP contribution in [0.2, 0.25) is 0 Å². The second-order valence-electron chi connectivity index (χ2n) is 5.30. The van der Waals surface area contributed by atoms with Gasteiger partial charge in [0.25, 0.3) is 0 Å². The van der Waals surface area contributed by atoms with Crippen molar-refractivity contribution in [1.82, 2.24) is 19.5 Å². The molecule has 0 unspecified atom stereocenters. The first kappa shape index (κ1) is 10.3. The quantitative estimate of drug-likeness (QED) is 0.811. The molecule has 5 heteroatoms. The number of rotatable bonds is 2. The summed E-state index contributed by atoms with van der Waals surface area (Å²) in [5.74, 6) is 1.03. The van der Waals surface area contributed by atoms with Gasteiger partial charge in [-0.1, -0.05) is 0 Å². The van der Waals surface area contributed by atoms with Crippen LogP contribution in [0, 0.1) is 0 Å². The average molecular weight is 243 g/mol. The molecular weight excluding hydrogens is 226 g/mol. The van der Waals surface area contributed by atoms with Gasteiger partial charge in [-0.3, -0.25) is 0 Å². The Kier molecular flexibility index (Phi) is 2.25. The Bertz CT molecular complexity index is 566. The predicted molar refractivity (Wildman–Crippen MR) is 69.7 cm³/mol. The molecule has 2 aromatic heterocycles. The van der Waals surface area contributed by atoms with Crippen LogP contribution in [0.25, 0.3) is 11.2 Å². The van der Waals surface area contributed by atoms with Crippen molar-refractivity contribution in [1.29, 1.82) is 0 Å². The zero-order chi connectivity index (χ0) is 11.9. The summed E-state index contributed by atoms with van der Waals surface area (Å²) in [5, 5.41) is 0. The number of hydrogen-bond donors (Lipinski definition) is 0. The molecule has 2 aliphatic rings. The fourth-order valence-corrected chi connectivity index (χ4v) is 2.80. The summed E-state index contributed by atoms with van der Waals surface area (Å²) in [6.45, 7) is 2.20. The highest BCUT2D eigenvalue weighted by molar-refractivity contribution is 5.83. The number of aromatic nitrogens is 4. The first-order chi connectivity index (χ1) is 8.93. The lowest BCUT2D eigenvalue weighted by molar-refractivity contribution is 0.574. The molecule has 2 aromatic rings. The summed E-state index contributed by atoms with van der Waals surface area (Å²) >= 11 is 0. The Balaban J connectivity index is 1.80. The van der Waals surface area contributed by atoms with Crippen LogP contribution >= 0.6 is 0 Å². The average Bonchev–Trinajstić information content (AvgIpc) is 3.19. The van der Waals surface area contributed by atoms with E-state index in [1.165, 1.54) is 32.1 Å². The number of fused-ring (bicyclic) bond motifs is 1. The van der Waals surface area contributed by atoms with E-state index in [4.69, 9.17) is 0 Å². The van der Waals surface area contributed by atoms with Crippen LogP contribution in [0.1, 0.15) is 38.1 Å². The van der Waals surface area contributed by atoms with Crippen molar-refractivity contribution >= 4 is 17.0 Å². The molecule has 94 valence electrons. The smallest absolute Gasteiger partial charge is 0.165 e. The largest absolute Gasteiger partial charge is 0.355 e. The lowest BCUT2D eigenvalue weighted by atomic mass is 10.1. The Morgan fingerprint density at radius 3 is 2.61 bits per heavy atom. The fourth-order valence-electron chi connectivity index (χ4n) is 2.80. The number of nitrogens with zero attached hydrogens (tertiary/aromatic N) is 5. The third-order valence-electron chi connectivity index (χ3n) is 3.94. The third kappa shape index (κ3) is 1.57. The van der Waals surface area contributed by atoms with Gasteiger partial charge in [-0.25, -0.2) is 15.0 Å². The van der Waals surface area contributed by atoms with Gasteiger partial charge in [0.1, 0.15) is 6.33 Å². The summed E-state index contributed by atoms with van der Waals surface area (Å²) in [7, 11) is 0. The standard InChI is InChI=1S/C13H17N5/c1-2-6-17(7-3-1)12-11-13(15-8-14-12)18(9-16-11)10-4-5-10/h8-10H,1-7H2. The van der Waals surface area contributed by atoms with Gasteiger partial charge in [-0.15, -0.1) is 0 Å². The van der Waals surface area contributed by atoms with Gasteiger partial charge in [-0.2, -0.15) is 0 Å². The molecule has 2 fully saturated rings. The maximum Gasteiger partial charge on any atom is 0.165 e. The monoisotopic (exact) mass is 243 g/mol. The van der Waals surface area contributed by atoms with Crippen LogP contribution in [0.3, 0.4) is 0 Å². The normalized spacial score (nSPS) is 20.6. The molecule has 1 aliphatic heterocycles. The molecule has 0 atom stereocenters. The zero-order valence-corrected chi connectivity index (χ0v) is 10.4. The van der Waals surface area contributed by atoms with Crippen LogP contribution in [0.5, 0.6) is 0 Å². The minimum atomic E-state index is 0.624. The number of imidazole rings is 1. The van der Waals surface area contributed by atoms with Gasteiger partial charge in [0.05, 0.1) is 6.33 Å². The molecule has 0 N–H and O–H groups in total. The van der Waals surface area contributed by atoms with Gasteiger partial charge in [-0.05, 0) is 32.1 Å². The van der Waals surface area contributed by atoms with Crippen molar-refractivity contribution in [3.63, 3.8) is 0 Å². The van der Waals surface area contributed by atoms with Crippen molar-refractivity contribution in [2.45, 2.75) is 38.1 Å². The van der Waals surface area contributed by atoms with E-state index in [0.717, 1.165) is 30.1 Å². The second-order valence-corrected chi connectivity index (χ2v) is 5.30. The highest BCUT2D eigenvalue weighted by Gasteiger charge is 2.27. The van der Waals surface area contributed by atoms with Gasteiger partial charge < -0.3 is 9.47 Å². The molecule has 0 aromatic carbocycles. The predicted octanol–water partition coefficient (Wildman–Crippen LogP) is 2.15. The van der Waals surface area contributed by atoms with Crippen molar-refractivity contribution in [2.24, 2.45) is 0 Å². The lowest BCUT2D eigenvalue weighted by Crippen LogP contribution is -2.30. The van der Waals surface area contributed by atoms with Gasteiger partial charge >= 0.3 is 0 Å². The second kappa shape index (κ2) is 3.93. The molecular formula is C13H17N5. The van der Waals surface area contributed by atoms with Crippen LogP contribution in [0.15, 0.2) is 12.7 Å². The van der Waals surface area contributed by atoms with Crippen LogP contribution < -0.4 is 4.90 Å². The molecule has 4 rings (SSSR count). The molecule has 0 radical (unpaired) electrons. The Labute approximate surface area is 106 Å². The summed E-state index contributed by atoms with van der Waals surface area (Å²) < 4.78 is 2.21. The summed E-state index contributed by atoms with van der Waals surface area (Å²) in [5.41, 5.74) is 1.99. The highest BCUT2D eigenvalue weighted by atomic mass is 15.2. The third-order valence-corrected chi connectivity index (χ3v) is 3.94. The molecule has 3 heterocycles. The molecule has 1 aliphatic carbocycles. The van der Waals surface area contributed by atoms with Crippen LogP contribution in [-0.4, -0.2) is 32.6 Å². The summed E-state index contributed by atoms with van der Waals surface area (Å²) in [6, 6.07) is 0.624. The van der Waals surface area contributed by atoms with E-state index in [2.05, 4.69) is 24.4 Å². The Morgan fingerprint density at radius 1 is 1.00 bits per heavy atom. The Morgan fingerprint density at radius 2 is 1.83 bits per heavy atom. The SMILES string of the molecule is c1nc(N2CCCCC2)c2ncn(C3CC3)c2n1. The van der Waals surface area contributed by atoms with E-state index in [-0.39, 0.29) is 0 Å². The maximum absolute atomic E-state index is 4.55. The lowest BCUT2D eigenvalue weighted by Gasteiger charge is -2.27. The Hall–Kier alpha value is -1.65. The highest BCUT2D eigenvalue weighted by Crippen LogP contribution is 2.37. The van der Waals surface area contributed by atoms with Gasteiger partial charge in [0, 0.05) is 19.1 Å². The summed E-state index contributed by atoms with van der Waals surface area (Å²) in [6.07, 6.45) is 9.99. The van der Waals surface area contributed by atoms with E-state index in [1.807, 2.05) is 6.33 Å². The number of anilines is 1. The molecule has 1 saturated heterocycles. The number of piperidine rings is 1. The van der Waals surface area contributed by atoms with Gasteiger partial charge in [0.15, 0.2) is 17.0 Å². The van der Waals surface area contributed by atoms with E-state index in [9.17, 15) is 0 Å². The first-order valence-electron chi connectivity index (χ1n) is 6.86. The van der Waals surface area contributed by atoms with Gasteiger partial charge in [0.2, 0.25) is 0 Å². The van der Waals surface area contributed by atoms with E-state index in [0.29, 0.717) is 6.04 Å². The van der Waals surface area contributed by atoms with Crippen molar-refractivity contribution in [3.8, 4) is 0 Å². The van der Waals surface area contributed by atoms with Crippen molar-refractivity contribution in [3.05, 3.63) is 12.7 Å². The summed E-state index contributed by atoms with van der Waals surface area (Å²) in [4.78, 5) is 15.8. The molecule has 0 amide bonds. The van der Waals surface area contributed by atoms with E-state index in [1.54, 1.807) is 6.33 Å². The van der Waals surface area contributed by atoms with Crippen LogP contribution in [0.4, 0.5) is 5.82 Å². The molecule has 0 bridgehead atoms. The fraction of sp³-hybridized carbons (Fsp3) is 0.615. The molecule has 1 saturated carbocycles. The zero-order valence-electron chi connectivity index (χ0n) is 10.4. The minimum absolute atomic E-state index is 0.624. The minimum Gasteiger partial charge on any atom is -0.355 e. The molecule has 18 heavy (non-hydrogen) atoms. The van der Waals surface area contributed by atoms with Crippen molar-refractivity contribution in [2.75, 3.05) is 18.0 Å². The van der Waals surface area contributed by atoms with E-state index < -0.39 is 0 Å². The topological polar surface area (TPSA) is 46.8 Å². The molecule has 5 nitrogen and oxygen atoms in total. The van der Waals surface area contributed by atoms with Crippen LogP contribution in [-0.2, 0) is 0 Å². The maximum atomic E-state index is 4.55. The number of hydrogen-bond acceptors (Lipinski definition) is 4. The van der Waals surface area contributed by atoms with E-state index >= 15 is 0 Å².